The summed E-state index contributed by atoms with van der Waals surface area (Å²) in [6, 6.07) is 0.277. The number of nitrogens with zero attached hydrogens (tertiary/aromatic N) is 1. The third-order valence-electron chi connectivity index (χ3n) is 4.76. The minimum Gasteiger partial charge on any atom is -0.352 e. The third kappa shape index (κ3) is 3.75. The zero-order valence-electron chi connectivity index (χ0n) is 14.0. The van der Waals surface area contributed by atoms with Crippen LogP contribution < -0.4 is 16.2 Å². The first-order valence-corrected chi connectivity index (χ1v) is 10.8. The largest absolute Gasteiger partial charge is 0.352 e. The number of hydrogen-bond donors (Lipinski definition) is 3. The molecule has 25 heavy (non-hydrogen) atoms. The van der Waals surface area contributed by atoms with Crippen molar-refractivity contribution in [3.8, 4) is 0 Å². The van der Waals surface area contributed by atoms with Crippen molar-refractivity contribution < 1.29 is 4.79 Å². The maximum Gasteiger partial charge on any atom is 0.259 e. The molecule has 1 aliphatic heterocycles. The lowest BCUT2D eigenvalue weighted by Crippen LogP contribution is -2.36. The van der Waals surface area contributed by atoms with Gasteiger partial charge in [-0.1, -0.05) is 0 Å². The molecule has 1 unspecified atom stereocenters. The molecule has 0 radical (unpaired) electrons. The number of aromatic amines is 1. The topological polar surface area (TPSA) is 86.9 Å². The number of thioether (sulfide) groups is 1. The van der Waals surface area contributed by atoms with Crippen LogP contribution in [0, 0.1) is 0 Å². The van der Waals surface area contributed by atoms with Crippen LogP contribution in [0.5, 0.6) is 0 Å². The van der Waals surface area contributed by atoms with E-state index in [9.17, 15) is 9.59 Å². The van der Waals surface area contributed by atoms with Gasteiger partial charge in [-0.2, -0.15) is 11.8 Å². The Kier molecular flexibility index (Phi) is 5.10. The summed E-state index contributed by atoms with van der Waals surface area (Å²) in [4.78, 5) is 34.0. The zero-order valence-corrected chi connectivity index (χ0v) is 15.7. The van der Waals surface area contributed by atoms with Gasteiger partial charge in [0.15, 0.2) is 0 Å². The smallest absolute Gasteiger partial charge is 0.259 e. The lowest BCUT2D eigenvalue weighted by molar-refractivity contribution is -0.121. The fraction of sp³-hybridized carbons (Fsp3) is 0.588. The molecule has 1 atom stereocenters. The number of H-pyrrole nitrogens is 1. The summed E-state index contributed by atoms with van der Waals surface area (Å²) in [5.41, 5.74) is 1.21. The van der Waals surface area contributed by atoms with E-state index in [1.807, 2.05) is 0 Å². The second-order valence-electron chi connectivity index (χ2n) is 6.61. The molecule has 1 aliphatic carbocycles. The number of thiophene rings is 1. The summed E-state index contributed by atoms with van der Waals surface area (Å²) in [5, 5.41) is 7.09. The molecule has 0 spiro atoms. The van der Waals surface area contributed by atoms with E-state index < -0.39 is 0 Å². The first-order chi connectivity index (χ1) is 12.2. The number of carbonyl (C=O) groups excluding carboxylic acids is 1. The molecule has 2 aliphatic rings. The normalized spacial score (nSPS) is 19.4. The van der Waals surface area contributed by atoms with Crippen LogP contribution in [0.25, 0.3) is 10.2 Å². The molecule has 3 heterocycles. The average Bonchev–Trinajstić information content (AvgIpc) is 3.28. The summed E-state index contributed by atoms with van der Waals surface area (Å²) in [6.45, 7) is 1.85. The second-order valence-corrected chi connectivity index (χ2v) is 8.80. The van der Waals surface area contributed by atoms with Crippen LogP contribution in [0.15, 0.2) is 4.79 Å². The molecule has 134 valence electrons. The highest BCUT2D eigenvalue weighted by atomic mass is 32.2. The van der Waals surface area contributed by atoms with Gasteiger partial charge in [0.1, 0.15) is 10.7 Å². The highest BCUT2D eigenvalue weighted by Gasteiger charge is 2.21. The SMILES string of the molecule is O=C(CCSCc1nc2sc3c(c2c(=O)[nH]1)CCC3)NC1CCNC1. The Morgan fingerprint density at radius 3 is 3.16 bits per heavy atom. The van der Waals surface area contributed by atoms with E-state index in [-0.39, 0.29) is 17.5 Å². The summed E-state index contributed by atoms with van der Waals surface area (Å²) in [6.07, 6.45) is 4.73. The Morgan fingerprint density at radius 1 is 1.40 bits per heavy atom. The van der Waals surface area contributed by atoms with Gasteiger partial charge in [-0.05, 0) is 37.8 Å². The minimum atomic E-state index is -0.00789. The number of fused-ring (bicyclic) bond motifs is 3. The Balaban J connectivity index is 1.31. The van der Waals surface area contributed by atoms with Gasteiger partial charge in [-0.3, -0.25) is 9.59 Å². The van der Waals surface area contributed by atoms with E-state index in [1.165, 1.54) is 10.4 Å². The van der Waals surface area contributed by atoms with Crippen molar-refractivity contribution in [1.29, 1.82) is 0 Å². The molecule has 1 amide bonds. The number of rotatable bonds is 6. The van der Waals surface area contributed by atoms with Crippen LogP contribution >= 0.6 is 23.1 Å². The lowest BCUT2D eigenvalue weighted by atomic mass is 10.2. The van der Waals surface area contributed by atoms with Crippen LogP contribution in [0.1, 0.15) is 35.5 Å². The van der Waals surface area contributed by atoms with Gasteiger partial charge in [0.05, 0.1) is 11.1 Å². The average molecular weight is 379 g/mol. The number of aromatic nitrogens is 2. The highest BCUT2D eigenvalue weighted by molar-refractivity contribution is 7.98. The van der Waals surface area contributed by atoms with Gasteiger partial charge in [0, 0.05) is 29.6 Å². The Labute approximate surface area is 154 Å². The van der Waals surface area contributed by atoms with E-state index in [0.717, 1.165) is 54.7 Å². The van der Waals surface area contributed by atoms with Gasteiger partial charge in [-0.15, -0.1) is 11.3 Å². The van der Waals surface area contributed by atoms with Crippen molar-refractivity contribution in [3.63, 3.8) is 0 Å². The molecule has 0 bridgehead atoms. The molecule has 0 aromatic carbocycles. The van der Waals surface area contributed by atoms with Crippen molar-refractivity contribution in [2.75, 3.05) is 18.8 Å². The van der Waals surface area contributed by atoms with E-state index in [0.29, 0.717) is 18.0 Å². The maximum atomic E-state index is 12.4. The molecule has 2 aromatic rings. The molecular weight excluding hydrogens is 356 g/mol. The van der Waals surface area contributed by atoms with Crippen LogP contribution in [0.2, 0.25) is 0 Å². The molecule has 8 heteroatoms. The first kappa shape index (κ1) is 17.1. The van der Waals surface area contributed by atoms with Crippen molar-refractivity contribution in [2.45, 2.75) is 43.9 Å². The monoisotopic (exact) mass is 378 g/mol. The van der Waals surface area contributed by atoms with Gasteiger partial charge in [-0.25, -0.2) is 4.98 Å². The predicted molar refractivity (Wildman–Crippen MR) is 102 cm³/mol. The molecule has 1 fully saturated rings. The highest BCUT2D eigenvalue weighted by Crippen LogP contribution is 2.34. The number of carbonyl (C=O) groups is 1. The Hall–Kier alpha value is -1.38. The van der Waals surface area contributed by atoms with Crippen LogP contribution in [-0.2, 0) is 23.4 Å². The van der Waals surface area contributed by atoms with Crippen molar-refractivity contribution >= 4 is 39.2 Å². The lowest BCUT2D eigenvalue weighted by Gasteiger charge is -2.10. The van der Waals surface area contributed by atoms with Gasteiger partial charge in [0.2, 0.25) is 5.91 Å². The summed E-state index contributed by atoms with van der Waals surface area (Å²) < 4.78 is 0. The summed E-state index contributed by atoms with van der Waals surface area (Å²) >= 11 is 3.30. The number of aryl methyl sites for hydroxylation is 2. The Morgan fingerprint density at radius 2 is 2.32 bits per heavy atom. The fourth-order valence-corrected chi connectivity index (χ4v) is 5.61. The number of hydrogen-bond acceptors (Lipinski definition) is 6. The first-order valence-electron chi connectivity index (χ1n) is 8.82. The molecule has 2 aromatic heterocycles. The Bertz CT molecular complexity index is 839. The number of amides is 1. The van der Waals surface area contributed by atoms with Gasteiger partial charge >= 0.3 is 0 Å². The molecule has 6 nitrogen and oxygen atoms in total. The fourth-order valence-electron chi connectivity index (χ4n) is 3.53. The minimum absolute atomic E-state index is 0.00789. The number of nitrogens with one attached hydrogen (secondary N) is 3. The maximum absolute atomic E-state index is 12.4. The standard InChI is InChI=1S/C17H22N4O2S2/c22-14(19-10-4-6-18-8-10)5-7-24-9-13-20-16(23)15-11-2-1-3-12(11)25-17(15)21-13/h10,18H,1-9H2,(H,19,22)(H,20,21,23). The van der Waals surface area contributed by atoms with Crippen molar-refractivity contribution in [3.05, 3.63) is 26.6 Å². The van der Waals surface area contributed by atoms with Crippen LogP contribution in [0.4, 0.5) is 0 Å². The molecule has 3 N–H and O–H groups in total. The van der Waals surface area contributed by atoms with Crippen LogP contribution in [-0.4, -0.2) is 40.8 Å². The molecule has 4 rings (SSSR count). The zero-order chi connectivity index (χ0) is 17.2. The second kappa shape index (κ2) is 7.47. The summed E-state index contributed by atoms with van der Waals surface area (Å²) in [5.74, 6) is 2.18. The molecule has 0 saturated carbocycles. The molecular formula is C17H22N4O2S2. The van der Waals surface area contributed by atoms with E-state index >= 15 is 0 Å². The quantitative estimate of drug-likeness (QED) is 0.665. The van der Waals surface area contributed by atoms with E-state index in [4.69, 9.17) is 0 Å². The van der Waals surface area contributed by atoms with Crippen LogP contribution in [0.3, 0.4) is 0 Å². The van der Waals surface area contributed by atoms with Gasteiger partial charge < -0.3 is 15.6 Å². The van der Waals surface area contributed by atoms with E-state index in [1.54, 1.807) is 23.1 Å². The van der Waals surface area contributed by atoms with E-state index in [2.05, 4.69) is 20.6 Å². The summed E-state index contributed by atoms with van der Waals surface area (Å²) in [7, 11) is 0. The predicted octanol–water partition coefficient (Wildman–Crippen LogP) is 1.57. The van der Waals surface area contributed by atoms with Gasteiger partial charge in [0.25, 0.3) is 5.56 Å². The third-order valence-corrected chi connectivity index (χ3v) is 6.92. The molecule has 1 saturated heterocycles. The van der Waals surface area contributed by atoms with Crippen molar-refractivity contribution in [1.82, 2.24) is 20.6 Å². The van der Waals surface area contributed by atoms with Crippen molar-refractivity contribution in [2.24, 2.45) is 0 Å².